The molecule has 0 amide bonds. The number of hydrogen-bond acceptors (Lipinski definition) is 4. The van der Waals surface area contributed by atoms with Crippen molar-refractivity contribution in [3.63, 3.8) is 0 Å². The lowest BCUT2D eigenvalue weighted by Gasteiger charge is -2.30. The monoisotopic (exact) mass is 213 g/mol. The molecule has 0 aromatic carbocycles. The van der Waals surface area contributed by atoms with E-state index in [0.717, 1.165) is 19.7 Å². The van der Waals surface area contributed by atoms with E-state index >= 15 is 0 Å². The zero-order valence-electron chi connectivity index (χ0n) is 7.65. The Bertz CT molecular complexity index is 219. The molecule has 7 heteroatoms. The van der Waals surface area contributed by atoms with E-state index in [2.05, 4.69) is 19.2 Å². The fraction of sp³-hybridized carbons (Fsp3) is 1.00. The molecule has 3 N–H and O–H groups in total. The second kappa shape index (κ2) is 4.87. The van der Waals surface area contributed by atoms with Crippen LogP contribution in [-0.2, 0) is 15.1 Å². The zero-order valence-corrected chi connectivity index (χ0v) is 8.47. The van der Waals surface area contributed by atoms with Crippen LogP contribution in [0.1, 0.15) is 13.8 Å². The number of morpholine rings is 1. The maximum Gasteiger partial charge on any atom is 0.394 e. The summed E-state index contributed by atoms with van der Waals surface area (Å²) in [5, 5.41) is 3.25. The fourth-order valence-electron chi connectivity index (χ4n) is 0.840. The molecule has 0 atom stereocenters. The van der Waals surface area contributed by atoms with Crippen LogP contribution in [0.4, 0.5) is 0 Å². The van der Waals surface area contributed by atoms with Gasteiger partial charge in [-0.1, -0.05) is 0 Å². The molecule has 1 aliphatic rings. The Morgan fingerprint density at radius 3 is 2.00 bits per heavy atom. The lowest BCUT2D eigenvalue weighted by molar-refractivity contribution is -0.0384. The van der Waals surface area contributed by atoms with Gasteiger partial charge in [-0.15, -0.1) is 0 Å². The molecule has 6 nitrogen and oxygen atoms in total. The van der Waals surface area contributed by atoms with Gasteiger partial charge in [-0.05, 0) is 13.8 Å². The minimum atomic E-state index is -4.67. The Morgan fingerprint density at radius 2 is 1.85 bits per heavy atom. The molecule has 1 fully saturated rings. The van der Waals surface area contributed by atoms with Crippen molar-refractivity contribution in [3.05, 3.63) is 0 Å². The summed E-state index contributed by atoms with van der Waals surface area (Å²) in [4.78, 5) is 0. The predicted molar refractivity (Wildman–Crippen MR) is 47.1 cm³/mol. The highest BCUT2D eigenvalue weighted by Crippen LogP contribution is 2.08. The van der Waals surface area contributed by atoms with Crippen LogP contribution >= 0.6 is 0 Å². The zero-order chi connectivity index (χ0) is 10.5. The van der Waals surface area contributed by atoms with Crippen molar-refractivity contribution < 1.29 is 22.3 Å². The minimum absolute atomic E-state index is 0.0677. The summed E-state index contributed by atoms with van der Waals surface area (Å²) in [6, 6.07) is 0. The van der Waals surface area contributed by atoms with Gasteiger partial charge >= 0.3 is 10.4 Å². The van der Waals surface area contributed by atoms with Gasteiger partial charge in [-0.25, -0.2) is 0 Å². The minimum Gasteiger partial charge on any atom is -0.373 e. The number of rotatable bonds is 0. The average molecular weight is 213 g/mol. The van der Waals surface area contributed by atoms with Crippen LogP contribution in [-0.4, -0.2) is 42.8 Å². The van der Waals surface area contributed by atoms with Gasteiger partial charge in [0.1, 0.15) is 0 Å². The van der Waals surface area contributed by atoms with Crippen molar-refractivity contribution >= 4 is 10.4 Å². The maximum absolute atomic E-state index is 8.74. The normalized spacial score (nSPS) is 21.5. The standard InChI is InChI=1S/C6H13NO.H2O4S/c1-6(2)5-7-3-4-8-6;1-5(2,3)4/h7H,3-5H2,1-2H3;(H2,1,2,3,4). The third kappa shape index (κ3) is 11.8. The van der Waals surface area contributed by atoms with E-state index in [1.165, 1.54) is 0 Å². The molecular formula is C6H15NO5S. The third-order valence-electron chi connectivity index (χ3n) is 1.32. The number of hydrogen-bond donors (Lipinski definition) is 3. The summed E-state index contributed by atoms with van der Waals surface area (Å²) in [7, 11) is -4.67. The van der Waals surface area contributed by atoms with Crippen LogP contribution in [0.2, 0.25) is 0 Å². The second-order valence-electron chi connectivity index (χ2n) is 3.23. The Labute approximate surface area is 77.9 Å². The third-order valence-corrected chi connectivity index (χ3v) is 1.32. The number of nitrogens with one attached hydrogen (secondary N) is 1. The highest BCUT2D eigenvalue weighted by molar-refractivity contribution is 7.79. The van der Waals surface area contributed by atoms with E-state index < -0.39 is 10.4 Å². The van der Waals surface area contributed by atoms with Crippen LogP contribution in [0.25, 0.3) is 0 Å². The summed E-state index contributed by atoms with van der Waals surface area (Å²) >= 11 is 0. The molecule has 0 aromatic rings. The van der Waals surface area contributed by atoms with Gasteiger partial charge in [0.15, 0.2) is 0 Å². The lowest BCUT2D eigenvalue weighted by Crippen LogP contribution is -2.45. The predicted octanol–water partition coefficient (Wildman–Crippen LogP) is -0.268. The Morgan fingerprint density at radius 1 is 1.38 bits per heavy atom. The molecule has 0 radical (unpaired) electrons. The van der Waals surface area contributed by atoms with E-state index in [0.29, 0.717) is 0 Å². The Hall–Kier alpha value is -0.210. The summed E-state index contributed by atoms with van der Waals surface area (Å²) in [5.41, 5.74) is 0.0677. The van der Waals surface area contributed by atoms with Crippen molar-refractivity contribution in [2.45, 2.75) is 19.4 Å². The van der Waals surface area contributed by atoms with Crippen LogP contribution in [0.3, 0.4) is 0 Å². The highest BCUT2D eigenvalue weighted by atomic mass is 32.3. The first kappa shape index (κ1) is 12.8. The van der Waals surface area contributed by atoms with E-state index in [9.17, 15) is 0 Å². The van der Waals surface area contributed by atoms with Gasteiger partial charge in [0.25, 0.3) is 0 Å². The Balaban J connectivity index is 0.000000252. The Kier molecular flexibility index (Phi) is 4.79. The molecular weight excluding hydrogens is 198 g/mol. The first-order valence-electron chi connectivity index (χ1n) is 3.75. The quantitative estimate of drug-likeness (QED) is 0.479. The first-order chi connectivity index (χ1) is 5.71. The van der Waals surface area contributed by atoms with Crippen molar-refractivity contribution in [3.8, 4) is 0 Å². The van der Waals surface area contributed by atoms with E-state index in [4.69, 9.17) is 22.3 Å². The molecule has 1 rings (SSSR count). The lowest BCUT2D eigenvalue weighted by atomic mass is 10.1. The van der Waals surface area contributed by atoms with E-state index in [1.54, 1.807) is 0 Å². The molecule has 1 saturated heterocycles. The van der Waals surface area contributed by atoms with Crippen LogP contribution in [0.15, 0.2) is 0 Å². The van der Waals surface area contributed by atoms with Gasteiger partial charge in [0.05, 0.1) is 12.2 Å². The molecule has 0 saturated carbocycles. The topological polar surface area (TPSA) is 95.9 Å². The summed E-state index contributed by atoms with van der Waals surface area (Å²) in [6.07, 6.45) is 0. The maximum atomic E-state index is 8.74. The SMILES string of the molecule is CC1(C)CNCCO1.O=S(=O)(O)O. The van der Waals surface area contributed by atoms with Crippen LogP contribution in [0.5, 0.6) is 0 Å². The summed E-state index contributed by atoms with van der Waals surface area (Å²) < 4.78 is 37.0. The smallest absolute Gasteiger partial charge is 0.373 e. The van der Waals surface area contributed by atoms with Gasteiger partial charge in [-0.3, -0.25) is 9.11 Å². The molecule has 0 bridgehead atoms. The average Bonchev–Trinajstić information content (AvgIpc) is 1.82. The van der Waals surface area contributed by atoms with Crippen molar-refractivity contribution in [1.82, 2.24) is 5.32 Å². The van der Waals surface area contributed by atoms with Crippen LogP contribution in [0, 0.1) is 0 Å². The molecule has 1 aliphatic heterocycles. The van der Waals surface area contributed by atoms with Crippen molar-refractivity contribution in [2.75, 3.05) is 19.7 Å². The van der Waals surface area contributed by atoms with E-state index in [1.807, 2.05) is 0 Å². The van der Waals surface area contributed by atoms with Crippen LogP contribution < -0.4 is 5.32 Å². The van der Waals surface area contributed by atoms with Crippen molar-refractivity contribution in [1.29, 1.82) is 0 Å². The highest BCUT2D eigenvalue weighted by Gasteiger charge is 2.20. The largest absolute Gasteiger partial charge is 0.394 e. The first-order valence-corrected chi connectivity index (χ1v) is 5.15. The molecule has 80 valence electrons. The molecule has 0 spiro atoms. The molecule has 0 unspecified atom stereocenters. The van der Waals surface area contributed by atoms with Crippen molar-refractivity contribution in [2.24, 2.45) is 0 Å². The second-order valence-corrected chi connectivity index (χ2v) is 4.13. The molecule has 13 heavy (non-hydrogen) atoms. The fourth-order valence-corrected chi connectivity index (χ4v) is 0.840. The summed E-state index contributed by atoms with van der Waals surface area (Å²) in [5.74, 6) is 0. The number of ether oxygens (including phenoxy) is 1. The molecule has 0 aromatic heterocycles. The van der Waals surface area contributed by atoms with Gasteiger partial charge in [0.2, 0.25) is 0 Å². The molecule has 0 aliphatic carbocycles. The van der Waals surface area contributed by atoms with Gasteiger partial charge in [0, 0.05) is 13.1 Å². The summed E-state index contributed by atoms with van der Waals surface area (Å²) in [6.45, 7) is 7.03. The van der Waals surface area contributed by atoms with Gasteiger partial charge < -0.3 is 10.1 Å². The molecule has 1 heterocycles. The van der Waals surface area contributed by atoms with E-state index in [-0.39, 0.29) is 5.60 Å². The van der Waals surface area contributed by atoms with Gasteiger partial charge in [-0.2, -0.15) is 8.42 Å².